The van der Waals surface area contributed by atoms with Gasteiger partial charge in [0.15, 0.2) is 5.82 Å². The first-order valence-electron chi connectivity index (χ1n) is 4.59. The smallest absolute Gasteiger partial charge is 0.159 e. The maximum Gasteiger partial charge on any atom is 0.159 e. The summed E-state index contributed by atoms with van der Waals surface area (Å²) in [6.45, 7) is 1.87. The van der Waals surface area contributed by atoms with Crippen molar-refractivity contribution in [3.63, 3.8) is 0 Å². The highest BCUT2D eigenvalue weighted by atomic mass is 35.5. The molecular formula is C11H8ClN3S. The summed E-state index contributed by atoms with van der Waals surface area (Å²) < 4.78 is 0. The van der Waals surface area contributed by atoms with Gasteiger partial charge in [-0.1, -0.05) is 17.7 Å². The van der Waals surface area contributed by atoms with Gasteiger partial charge in [0.2, 0.25) is 0 Å². The normalized spacial score (nSPS) is 9.81. The van der Waals surface area contributed by atoms with E-state index in [0.717, 1.165) is 10.7 Å². The van der Waals surface area contributed by atoms with Crippen molar-refractivity contribution < 1.29 is 0 Å². The minimum absolute atomic E-state index is 0.581. The molecule has 5 heteroatoms. The predicted molar refractivity (Wildman–Crippen MR) is 66.3 cm³/mol. The SMILES string of the molecule is Cc1nc(Nc2cccc(Cl)c2)c(C#N)s1. The summed E-state index contributed by atoms with van der Waals surface area (Å²) in [5.74, 6) is 0.590. The molecule has 0 bridgehead atoms. The van der Waals surface area contributed by atoms with Crippen LogP contribution in [0.15, 0.2) is 24.3 Å². The molecule has 1 N–H and O–H groups in total. The molecule has 0 saturated heterocycles. The molecule has 2 aromatic rings. The molecule has 0 amide bonds. The number of nitriles is 1. The Labute approximate surface area is 102 Å². The number of halogens is 1. The van der Waals surface area contributed by atoms with Crippen molar-refractivity contribution in [3.8, 4) is 6.07 Å². The van der Waals surface area contributed by atoms with Crippen LogP contribution < -0.4 is 5.32 Å². The Morgan fingerprint density at radius 1 is 1.50 bits per heavy atom. The van der Waals surface area contributed by atoms with Gasteiger partial charge in [-0.3, -0.25) is 0 Å². The van der Waals surface area contributed by atoms with E-state index in [2.05, 4.69) is 16.4 Å². The van der Waals surface area contributed by atoms with Crippen LogP contribution in [0.5, 0.6) is 0 Å². The number of aryl methyl sites for hydroxylation is 1. The molecule has 1 heterocycles. The fraction of sp³-hybridized carbons (Fsp3) is 0.0909. The second-order valence-corrected chi connectivity index (χ2v) is 4.80. The number of hydrogen-bond donors (Lipinski definition) is 1. The zero-order valence-corrected chi connectivity index (χ0v) is 10.1. The van der Waals surface area contributed by atoms with E-state index in [1.807, 2.05) is 19.1 Å². The average molecular weight is 250 g/mol. The van der Waals surface area contributed by atoms with Gasteiger partial charge in [-0.15, -0.1) is 11.3 Å². The van der Waals surface area contributed by atoms with Gasteiger partial charge in [-0.05, 0) is 25.1 Å². The average Bonchev–Trinajstić information content (AvgIpc) is 2.59. The van der Waals surface area contributed by atoms with Crippen LogP contribution in [0.25, 0.3) is 0 Å². The molecule has 3 nitrogen and oxygen atoms in total. The zero-order chi connectivity index (χ0) is 11.5. The molecule has 0 aliphatic carbocycles. The van der Waals surface area contributed by atoms with Crippen molar-refractivity contribution in [3.05, 3.63) is 39.2 Å². The van der Waals surface area contributed by atoms with Crippen molar-refractivity contribution in [2.45, 2.75) is 6.92 Å². The van der Waals surface area contributed by atoms with E-state index in [1.54, 1.807) is 12.1 Å². The Morgan fingerprint density at radius 3 is 3.00 bits per heavy atom. The van der Waals surface area contributed by atoms with Gasteiger partial charge in [0.05, 0.1) is 5.01 Å². The molecule has 0 saturated carbocycles. The Balaban J connectivity index is 2.30. The molecule has 2 rings (SSSR count). The summed E-state index contributed by atoms with van der Waals surface area (Å²) in [7, 11) is 0. The van der Waals surface area contributed by atoms with Gasteiger partial charge >= 0.3 is 0 Å². The summed E-state index contributed by atoms with van der Waals surface area (Å²) in [6.07, 6.45) is 0. The van der Waals surface area contributed by atoms with E-state index in [4.69, 9.17) is 16.9 Å². The minimum Gasteiger partial charge on any atom is -0.338 e. The number of hydrogen-bond acceptors (Lipinski definition) is 4. The molecule has 80 valence electrons. The van der Waals surface area contributed by atoms with Crippen LogP contribution in [0.1, 0.15) is 9.88 Å². The van der Waals surface area contributed by atoms with Crippen molar-refractivity contribution in [1.82, 2.24) is 4.98 Å². The molecule has 1 aromatic heterocycles. The topological polar surface area (TPSA) is 48.7 Å². The molecule has 1 aromatic carbocycles. The summed E-state index contributed by atoms with van der Waals surface area (Å²) >= 11 is 7.24. The number of anilines is 2. The Kier molecular flexibility index (Phi) is 3.09. The highest BCUT2D eigenvalue weighted by Crippen LogP contribution is 2.25. The summed E-state index contributed by atoms with van der Waals surface area (Å²) in [5.41, 5.74) is 0.828. The highest BCUT2D eigenvalue weighted by molar-refractivity contribution is 7.12. The van der Waals surface area contributed by atoms with Gasteiger partial charge < -0.3 is 5.32 Å². The fourth-order valence-corrected chi connectivity index (χ4v) is 2.15. The van der Waals surface area contributed by atoms with Crippen LogP contribution in [0.4, 0.5) is 11.5 Å². The van der Waals surface area contributed by atoms with E-state index in [0.29, 0.717) is 15.7 Å². The largest absolute Gasteiger partial charge is 0.338 e. The van der Waals surface area contributed by atoms with Crippen LogP contribution in [-0.2, 0) is 0 Å². The Morgan fingerprint density at radius 2 is 2.31 bits per heavy atom. The van der Waals surface area contributed by atoms with Crippen LogP contribution >= 0.6 is 22.9 Å². The number of aromatic nitrogens is 1. The quantitative estimate of drug-likeness (QED) is 0.883. The van der Waals surface area contributed by atoms with E-state index in [9.17, 15) is 0 Å². The molecule has 0 spiro atoms. The second kappa shape index (κ2) is 4.52. The highest BCUT2D eigenvalue weighted by Gasteiger charge is 2.08. The monoisotopic (exact) mass is 249 g/mol. The van der Waals surface area contributed by atoms with E-state index >= 15 is 0 Å². The lowest BCUT2D eigenvalue weighted by molar-refractivity contribution is 1.28. The van der Waals surface area contributed by atoms with Crippen LogP contribution in [0, 0.1) is 18.3 Å². The molecule has 0 fully saturated rings. The number of nitrogens with one attached hydrogen (secondary N) is 1. The van der Waals surface area contributed by atoms with Gasteiger partial charge in [0.1, 0.15) is 10.9 Å². The Hall–Kier alpha value is -1.57. The lowest BCUT2D eigenvalue weighted by Gasteiger charge is -2.03. The molecule has 16 heavy (non-hydrogen) atoms. The summed E-state index contributed by atoms with van der Waals surface area (Å²) in [5, 5.41) is 13.5. The molecular weight excluding hydrogens is 242 g/mol. The van der Waals surface area contributed by atoms with Gasteiger partial charge in [-0.25, -0.2) is 4.98 Å². The first kappa shape index (κ1) is 10.9. The number of nitrogens with zero attached hydrogens (tertiary/aromatic N) is 2. The molecule has 0 aliphatic heterocycles. The van der Waals surface area contributed by atoms with Gasteiger partial charge in [-0.2, -0.15) is 5.26 Å². The minimum atomic E-state index is 0.581. The molecule has 0 aliphatic rings. The third-order valence-corrected chi connectivity index (χ3v) is 3.03. The zero-order valence-electron chi connectivity index (χ0n) is 8.49. The first-order chi connectivity index (χ1) is 7.69. The maximum atomic E-state index is 8.92. The standard InChI is InChI=1S/C11H8ClN3S/c1-7-14-11(10(6-13)16-7)15-9-4-2-3-8(12)5-9/h2-5,15H,1H3. The van der Waals surface area contributed by atoms with Crippen molar-refractivity contribution in [2.24, 2.45) is 0 Å². The van der Waals surface area contributed by atoms with Gasteiger partial charge in [0.25, 0.3) is 0 Å². The van der Waals surface area contributed by atoms with Crippen molar-refractivity contribution in [2.75, 3.05) is 5.32 Å². The van der Waals surface area contributed by atoms with E-state index in [1.165, 1.54) is 11.3 Å². The van der Waals surface area contributed by atoms with E-state index in [-0.39, 0.29) is 0 Å². The lowest BCUT2D eigenvalue weighted by atomic mass is 10.3. The van der Waals surface area contributed by atoms with Gasteiger partial charge in [0, 0.05) is 10.7 Å². The summed E-state index contributed by atoms with van der Waals surface area (Å²) in [6, 6.07) is 9.42. The number of benzene rings is 1. The Bertz CT molecular complexity index is 557. The van der Waals surface area contributed by atoms with Crippen molar-refractivity contribution >= 4 is 34.4 Å². The molecule has 0 radical (unpaired) electrons. The molecule has 0 unspecified atom stereocenters. The van der Waals surface area contributed by atoms with Crippen LogP contribution in [0.2, 0.25) is 5.02 Å². The van der Waals surface area contributed by atoms with Crippen molar-refractivity contribution in [1.29, 1.82) is 5.26 Å². The first-order valence-corrected chi connectivity index (χ1v) is 5.78. The lowest BCUT2D eigenvalue weighted by Crippen LogP contribution is -1.92. The third-order valence-electron chi connectivity index (χ3n) is 1.92. The number of rotatable bonds is 2. The van der Waals surface area contributed by atoms with E-state index < -0.39 is 0 Å². The second-order valence-electron chi connectivity index (χ2n) is 3.16. The maximum absolute atomic E-state index is 8.92. The van der Waals surface area contributed by atoms with Crippen LogP contribution in [-0.4, -0.2) is 4.98 Å². The predicted octanol–water partition coefficient (Wildman–Crippen LogP) is 3.72. The number of thiazole rings is 1. The summed E-state index contributed by atoms with van der Waals surface area (Å²) in [4.78, 5) is 4.83. The van der Waals surface area contributed by atoms with Crippen LogP contribution in [0.3, 0.4) is 0 Å². The fourth-order valence-electron chi connectivity index (χ4n) is 1.29. The molecule has 0 atom stereocenters. The third kappa shape index (κ3) is 2.32.